The van der Waals surface area contributed by atoms with Gasteiger partial charge in [0.05, 0.1) is 21.7 Å². The first-order valence-corrected chi connectivity index (χ1v) is 5.66. The summed E-state index contributed by atoms with van der Waals surface area (Å²) < 4.78 is 2.94. The molecule has 2 heterocycles. The third-order valence-corrected chi connectivity index (χ3v) is 2.53. The summed E-state index contributed by atoms with van der Waals surface area (Å²) in [5.41, 5.74) is 2.14. The van der Waals surface area contributed by atoms with Crippen LogP contribution in [0.25, 0.3) is 5.69 Å². The van der Waals surface area contributed by atoms with Crippen molar-refractivity contribution in [2.45, 2.75) is 6.54 Å². The van der Waals surface area contributed by atoms with Gasteiger partial charge in [0.15, 0.2) is 0 Å². The van der Waals surface area contributed by atoms with E-state index < -0.39 is 0 Å². The van der Waals surface area contributed by atoms with Gasteiger partial charge in [-0.1, -0.05) is 0 Å². The van der Waals surface area contributed by atoms with Crippen LogP contribution < -0.4 is 5.32 Å². The fraction of sp³-hybridized carbons (Fsp3) is 0.200. The zero-order chi connectivity index (χ0) is 10.7. The lowest BCUT2D eigenvalue weighted by Gasteiger charge is -2.03. The minimum Gasteiger partial charge on any atom is -0.316 e. The van der Waals surface area contributed by atoms with Crippen molar-refractivity contribution in [2.24, 2.45) is 0 Å². The van der Waals surface area contributed by atoms with E-state index in [9.17, 15) is 0 Å². The average Bonchev–Trinajstić information content (AvgIpc) is 2.66. The highest BCUT2D eigenvalue weighted by atomic mass is 127. The van der Waals surface area contributed by atoms with Crippen molar-refractivity contribution in [3.05, 3.63) is 40.0 Å². The largest absolute Gasteiger partial charge is 0.316 e. The molecule has 0 spiro atoms. The maximum absolute atomic E-state index is 4.24. The Kier molecular flexibility index (Phi) is 3.32. The zero-order valence-corrected chi connectivity index (χ0v) is 10.5. The van der Waals surface area contributed by atoms with Crippen molar-refractivity contribution in [1.82, 2.24) is 20.1 Å². The highest BCUT2D eigenvalue weighted by Crippen LogP contribution is 2.10. The van der Waals surface area contributed by atoms with E-state index in [2.05, 4.69) is 44.1 Å². The van der Waals surface area contributed by atoms with Crippen LogP contribution in [0.4, 0.5) is 0 Å². The van der Waals surface area contributed by atoms with Crippen LogP contribution in [0.2, 0.25) is 0 Å². The van der Waals surface area contributed by atoms with Crippen LogP contribution in [0.15, 0.2) is 30.9 Å². The van der Waals surface area contributed by atoms with Gasteiger partial charge in [0, 0.05) is 18.9 Å². The fourth-order valence-electron chi connectivity index (χ4n) is 1.34. The Morgan fingerprint density at radius 3 is 2.93 bits per heavy atom. The predicted molar refractivity (Wildman–Crippen MR) is 66.8 cm³/mol. The lowest BCUT2D eigenvalue weighted by molar-refractivity contribution is 0.804. The molecule has 0 bridgehead atoms. The van der Waals surface area contributed by atoms with Crippen molar-refractivity contribution < 1.29 is 0 Å². The summed E-state index contributed by atoms with van der Waals surface area (Å²) in [5, 5.41) is 7.33. The smallest absolute Gasteiger partial charge is 0.0832 e. The lowest BCUT2D eigenvalue weighted by atomic mass is 10.2. The number of halogens is 1. The van der Waals surface area contributed by atoms with Gasteiger partial charge in [0.1, 0.15) is 0 Å². The second kappa shape index (κ2) is 4.71. The summed E-state index contributed by atoms with van der Waals surface area (Å²) in [7, 11) is 1.92. The summed E-state index contributed by atoms with van der Waals surface area (Å²) in [6.07, 6.45) is 7.46. The van der Waals surface area contributed by atoms with E-state index in [0.717, 1.165) is 21.4 Å². The van der Waals surface area contributed by atoms with Gasteiger partial charge in [-0.2, -0.15) is 5.10 Å². The molecule has 2 aromatic heterocycles. The molecular weight excluding hydrogens is 303 g/mol. The number of hydrogen-bond donors (Lipinski definition) is 1. The molecule has 1 N–H and O–H groups in total. The molecule has 0 radical (unpaired) electrons. The molecule has 0 aromatic carbocycles. The van der Waals surface area contributed by atoms with Gasteiger partial charge in [0.25, 0.3) is 0 Å². The Hall–Kier alpha value is -0.950. The van der Waals surface area contributed by atoms with E-state index in [-0.39, 0.29) is 0 Å². The van der Waals surface area contributed by atoms with Crippen LogP contribution in [0.5, 0.6) is 0 Å². The van der Waals surface area contributed by atoms with Gasteiger partial charge in [0.2, 0.25) is 0 Å². The molecule has 0 unspecified atom stereocenters. The van der Waals surface area contributed by atoms with Crippen molar-refractivity contribution in [3.63, 3.8) is 0 Å². The Labute approximate surface area is 102 Å². The molecule has 4 nitrogen and oxygen atoms in total. The molecule has 0 aliphatic carbocycles. The Balaban J connectivity index is 2.32. The van der Waals surface area contributed by atoms with Crippen LogP contribution in [0.3, 0.4) is 0 Å². The monoisotopic (exact) mass is 314 g/mol. The maximum atomic E-state index is 4.24. The van der Waals surface area contributed by atoms with Gasteiger partial charge < -0.3 is 5.32 Å². The van der Waals surface area contributed by atoms with E-state index in [0.29, 0.717) is 0 Å². The molecule has 0 aliphatic heterocycles. The quantitative estimate of drug-likeness (QED) is 0.875. The highest BCUT2D eigenvalue weighted by molar-refractivity contribution is 14.1. The maximum Gasteiger partial charge on any atom is 0.0832 e. The first-order chi connectivity index (χ1) is 7.29. The summed E-state index contributed by atoms with van der Waals surface area (Å²) >= 11 is 2.24. The van der Waals surface area contributed by atoms with Crippen LogP contribution in [-0.2, 0) is 6.54 Å². The lowest BCUT2D eigenvalue weighted by Crippen LogP contribution is -2.06. The van der Waals surface area contributed by atoms with Gasteiger partial charge in [-0.05, 0) is 41.3 Å². The van der Waals surface area contributed by atoms with Crippen molar-refractivity contribution >= 4 is 22.6 Å². The summed E-state index contributed by atoms with van der Waals surface area (Å²) in [5.74, 6) is 0. The second-order valence-electron chi connectivity index (χ2n) is 3.18. The first kappa shape index (κ1) is 10.6. The van der Waals surface area contributed by atoms with E-state index in [1.54, 1.807) is 0 Å². The Morgan fingerprint density at radius 1 is 1.40 bits per heavy atom. The van der Waals surface area contributed by atoms with Gasteiger partial charge in [-0.3, -0.25) is 4.98 Å². The number of hydrogen-bond acceptors (Lipinski definition) is 3. The van der Waals surface area contributed by atoms with Gasteiger partial charge in [-0.25, -0.2) is 4.68 Å². The fourth-order valence-corrected chi connectivity index (χ4v) is 1.73. The Morgan fingerprint density at radius 2 is 2.27 bits per heavy atom. The molecule has 0 fully saturated rings. The van der Waals surface area contributed by atoms with E-state index in [4.69, 9.17) is 0 Å². The minimum atomic E-state index is 0.819. The standard InChI is InChI=1S/C10H11IN4/c1-12-3-8-2-10(6-13-4-8)15-7-9(11)5-14-15/h2,4-7,12H,3H2,1H3. The highest BCUT2D eigenvalue weighted by Gasteiger charge is 2.00. The van der Waals surface area contributed by atoms with E-state index in [1.165, 1.54) is 0 Å². The summed E-state index contributed by atoms with van der Waals surface area (Å²) in [4.78, 5) is 4.19. The summed E-state index contributed by atoms with van der Waals surface area (Å²) in [6, 6.07) is 2.08. The number of nitrogens with zero attached hydrogens (tertiary/aromatic N) is 3. The molecule has 0 saturated carbocycles. The second-order valence-corrected chi connectivity index (χ2v) is 4.43. The topological polar surface area (TPSA) is 42.7 Å². The number of nitrogens with one attached hydrogen (secondary N) is 1. The van der Waals surface area contributed by atoms with Crippen LogP contribution >= 0.6 is 22.6 Å². The zero-order valence-electron chi connectivity index (χ0n) is 8.31. The SMILES string of the molecule is CNCc1cncc(-n2cc(I)cn2)c1. The van der Waals surface area contributed by atoms with Crippen LogP contribution in [0, 0.1) is 3.57 Å². The van der Waals surface area contributed by atoms with Crippen molar-refractivity contribution in [3.8, 4) is 5.69 Å². The minimum absolute atomic E-state index is 0.819. The number of pyridine rings is 1. The molecule has 0 aliphatic rings. The van der Waals surface area contributed by atoms with Crippen LogP contribution in [0.1, 0.15) is 5.56 Å². The molecule has 0 saturated heterocycles. The third kappa shape index (κ3) is 2.54. The average molecular weight is 314 g/mol. The van der Waals surface area contributed by atoms with Gasteiger partial charge >= 0.3 is 0 Å². The van der Waals surface area contributed by atoms with Crippen molar-refractivity contribution in [1.29, 1.82) is 0 Å². The molecule has 15 heavy (non-hydrogen) atoms. The van der Waals surface area contributed by atoms with Crippen molar-refractivity contribution in [2.75, 3.05) is 7.05 Å². The number of aromatic nitrogens is 3. The normalized spacial score (nSPS) is 10.5. The van der Waals surface area contributed by atoms with E-state index >= 15 is 0 Å². The molecule has 5 heteroatoms. The molecule has 2 rings (SSSR count). The Bertz CT molecular complexity index is 452. The first-order valence-electron chi connectivity index (χ1n) is 4.58. The molecule has 78 valence electrons. The third-order valence-electron chi connectivity index (χ3n) is 1.98. The predicted octanol–water partition coefficient (Wildman–Crippen LogP) is 1.59. The molecule has 2 aromatic rings. The van der Waals surface area contributed by atoms with Gasteiger partial charge in [-0.15, -0.1) is 0 Å². The molecule has 0 atom stereocenters. The molecule has 0 amide bonds. The number of rotatable bonds is 3. The van der Waals surface area contributed by atoms with E-state index in [1.807, 2.05) is 36.5 Å². The van der Waals surface area contributed by atoms with Crippen LogP contribution in [-0.4, -0.2) is 21.8 Å². The molecular formula is C10H11IN4. The summed E-state index contributed by atoms with van der Waals surface area (Å²) in [6.45, 7) is 0.819.